The molecule has 0 aliphatic carbocycles. The molecule has 3 aromatic rings. The van der Waals surface area contributed by atoms with E-state index in [1.165, 1.54) is 0 Å². The second-order valence-electron chi connectivity index (χ2n) is 6.60. The van der Waals surface area contributed by atoms with Crippen LogP contribution >= 0.6 is 11.8 Å². The maximum atomic E-state index is 11.8. The number of para-hydroxylation sites is 2. The first-order chi connectivity index (χ1) is 13.7. The molecule has 2 amide bonds. The summed E-state index contributed by atoms with van der Waals surface area (Å²) in [5.74, 6) is 1.18. The summed E-state index contributed by atoms with van der Waals surface area (Å²) in [4.78, 5) is 23.6. The van der Waals surface area contributed by atoms with Crippen molar-refractivity contribution in [3.05, 3.63) is 65.2 Å². The Balaban J connectivity index is 1.42. The minimum absolute atomic E-state index is 0.0960. The van der Waals surface area contributed by atoms with Crippen molar-refractivity contribution in [1.82, 2.24) is 9.88 Å². The average molecular weight is 392 g/mol. The van der Waals surface area contributed by atoms with Gasteiger partial charge in [0.05, 0.1) is 11.4 Å². The molecule has 1 unspecified atom stereocenters. The Morgan fingerprint density at radius 3 is 2.79 bits per heavy atom. The van der Waals surface area contributed by atoms with Gasteiger partial charge in [-0.15, -0.1) is 0 Å². The summed E-state index contributed by atoms with van der Waals surface area (Å²) >= 11 is 0.924. The zero-order valence-corrected chi connectivity index (χ0v) is 15.6. The van der Waals surface area contributed by atoms with E-state index in [-0.39, 0.29) is 17.3 Å². The Morgan fingerprint density at radius 1 is 1.11 bits per heavy atom. The molecule has 1 atom stereocenters. The molecule has 0 saturated carbocycles. The van der Waals surface area contributed by atoms with Crippen molar-refractivity contribution in [3.8, 4) is 11.5 Å². The lowest BCUT2D eigenvalue weighted by Crippen LogP contribution is -2.32. The molecule has 5 rings (SSSR count). The minimum atomic E-state index is -0.349. The first-order valence-electron chi connectivity index (χ1n) is 8.88. The van der Waals surface area contributed by atoms with Crippen molar-refractivity contribution in [2.75, 3.05) is 6.61 Å². The van der Waals surface area contributed by atoms with E-state index < -0.39 is 0 Å². The lowest BCUT2D eigenvalue weighted by atomic mass is 10.1. The summed E-state index contributed by atoms with van der Waals surface area (Å²) < 4.78 is 14.0. The third-order valence-electron chi connectivity index (χ3n) is 4.74. The second kappa shape index (κ2) is 6.76. The highest BCUT2D eigenvalue weighted by atomic mass is 32.2. The van der Waals surface area contributed by atoms with E-state index in [2.05, 4.69) is 9.88 Å². The molecule has 1 fully saturated rings. The first-order valence-corrected chi connectivity index (χ1v) is 9.70. The maximum absolute atomic E-state index is 11.8. The van der Waals surface area contributed by atoms with Gasteiger partial charge in [0, 0.05) is 17.1 Å². The van der Waals surface area contributed by atoms with E-state index >= 15 is 0 Å². The van der Waals surface area contributed by atoms with Gasteiger partial charge in [-0.3, -0.25) is 14.9 Å². The van der Waals surface area contributed by atoms with Gasteiger partial charge in [-0.1, -0.05) is 24.3 Å². The number of carbonyl (C=O) groups excluding carboxylic acids is 2. The number of aromatic nitrogens is 1. The summed E-state index contributed by atoms with van der Waals surface area (Å²) in [6, 6.07) is 15.6. The smallest absolute Gasteiger partial charge is 0.290 e. The number of nitrogens with zero attached hydrogens (tertiary/aromatic N) is 1. The summed E-state index contributed by atoms with van der Waals surface area (Å²) in [5.41, 5.74) is 1.93. The maximum Gasteiger partial charge on any atom is 0.290 e. The van der Waals surface area contributed by atoms with E-state index in [0.29, 0.717) is 18.1 Å². The molecule has 6 nitrogen and oxygen atoms in total. The van der Waals surface area contributed by atoms with Crippen LogP contribution in [-0.2, 0) is 11.3 Å². The Kier molecular flexibility index (Phi) is 4.09. The van der Waals surface area contributed by atoms with Crippen molar-refractivity contribution in [2.45, 2.75) is 12.6 Å². The van der Waals surface area contributed by atoms with Crippen LogP contribution in [0.25, 0.3) is 17.0 Å². The number of benzene rings is 2. The van der Waals surface area contributed by atoms with Gasteiger partial charge in [-0.2, -0.15) is 0 Å². The highest BCUT2D eigenvalue weighted by Crippen LogP contribution is 2.32. The normalized spacial score (nSPS) is 20.0. The van der Waals surface area contributed by atoms with Crippen molar-refractivity contribution < 1.29 is 19.1 Å². The zero-order valence-electron chi connectivity index (χ0n) is 14.8. The van der Waals surface area contributed by atoms with Crippen LogP contribution in [0, 0.1) is 0 Å². The van der Waals surface area contributed by atoms with Gasteiger partial charge in [-0.25, -0.2) is 0 Å². The van der Waals surface area contributed by atoms with Gasteiger partial charge in [0.1, 0.15) is 6.61 Å². The molecule has 1 N–H and O–H groups in total. The number of carbonyl (C=O) groups is 2. The number of amides is 2. The fraction of sp³-hybridized carbons (Fsp3) is 0.143. The van der Waals surface area contributed by atoms with Crippen LogP contribution in [0.4, 0.5) is 4.79 Å². The molecular weight excluding hydrogens is 376 g/mol. The summed E-state index contributed by atoms with van der Waals surface area (Å²) in [7, 11) is 0. The summed E-state index contributed by atoms with van der Waals surface area (Å²) in [6.45, 7) is 1.13. The van der Waals surface area contributed by atoms with Gasteiger partial charge >= 0.3 is 0 Å². The largest absolute Gasteiger partial charge is 0.486 e. The second-order valence-corrected chi connectivity index (χ2v) is 7.61. The van der Waals surface area contributed by atoms with Gasteiger partial charge in [0.15, 0.2) is 17.6 Å². The number of rotatable bonds is 3. The average Bonchev–Trinajstić information content (AvgIpc) is 3.25. The van der Waals surface area contributed by atoms with E-state index in [0.717, 1.165) is 39.7 Å². The number of hydrogen-bond donors (Lipinski definition) is 1. The fourth-order valence-corrected chi connectivity index (χ4v) is 4.14. The van der Waals surface area contributed by atoms with Gasteiger partial charge in [0.25, 0.3) is 11.1 Å². The molecule has 0 spiro atoms. The van der Waals surface area contributed by atoms with E-state index in [1.807, 2.05) is 54.7 Å². The molecule has 140 valence electrons. The van der Waals surface area contributed by atoms with Crippen LogP contribution in [0.1, 0.15) is 5.56 Å². The molecule has 28 heavy (non-hydrogen) atoms. The van der Waals surface area contributed by atoms with Crippen molar-refractivity contribution in [1.29, 1.82) is 0 Å². The fourth-order valence-electron chi connectivity index (χ4n) is 3.47. The number of hydrogen-bond acceptors (Lipinski definition) is 5. The van der Waals surface area contributed by atoms with E-state index in [9.17, 15) is 9.59 Å². The Bertz CT molecular complexity index is 1130. The molecule has 7 heteroatoms. The van der Waals surface area contributed by atoms with Crippen LogP contribution in [0.5, 0.6) is 11.5 Å². The van der Waals surface area contributed by atoms with Crippen LogP contribution < -0.4 is 14.8 Å². The zero-order chi connectivity index (χ0) is 19.1. The molecule has 2 aromatic carbocycles. The lowest BCUT2D eigenvalue weighted by Gasteiger charge is -2.27. The number of thioether (sulfide) groups is 1. The minimum Gasteiger partial charge on any atom is -0.486 e. The predicted molar refractivity (Wildman–Crippen MR) is 107 cm³/mol. The van der Waals surface area contributed by atoms with Crippen molar-refractivity contribution in [2.24, 2.45) is 0 Å². The lowest BCUT2D eigenvalue weighted by molar-refractivity contribution is -0.115. The third-order valence-corrected chi connectivity index (χ3v) is 5.55. The topological polar surface area (TPSA) is 69.6 Å². The van der Waals surface area contributed by atoms with Crippen LogP contribution in [0.2, 0.25) is 0 Å². The number of imide groups is 1. The predicted octanol–water partition coefficient (Wildman–Crippen LogP) is 3.81. The third kappa shape index (κ3) is 3.03. The van der Waals surface area contributed by atoms with E-state index in [4.69, 9.17) is 9.47 Å². The Labute approximate surface area is 165 Å². The Morgan fingerprint density at radius 2 is 1.96 bits per heavy atom. The Hall–Kier alpha value is -3.19. The number of ether oxygens (including phenoxy) is 2. The van der Waals surface area contributed by atoms with Crippen LogP contribution in [0.15, 0.2) is 59.6 Å². The number of fused-ring (bicyclic) bond motifs is 2. The van der Waals surface area contributed by atoms with Crippen LogP contribution in [-0.4, -0.2) is 28.4 Å². The van der Waals surface area contributed by atoms with E-state index in [1.54, 1.807) is 6.08 Å². The standard InChI is InChI=1S/C21H16N2O4S/c24-20-19(28-21(25)22-20)10-13-4-3-5-16-15(13)8-9-23(16)11-14-12-26-17-6-1-2-7-18(17)27-14/h1-10,14H,11-12H2,(H,22,24,25)/b19-10-. The van der Waals surface area contributed by atoms with Crippen molar-refractivity contribution in [3.63, 3.8) is 0 Å². The SMILES string of the molecule is O=C1NC(=O)/C(=C/c2cccc3c2ccn3CC2COc3ccccc3O2)S1. The molecule has 3 heterocycles. The first kappa shape index (κ1) is 16.9. The van der Waals surface area contributed by atoms with Gasteiger partial charge in [0.2, 0.25) is 0 Å². The molecule has 2 aliphatic heterocycles. The monoisotopic (exact) mass is 392 g/mol. The quantitative estimate of drug-likeness (QED) is 0.687. The molecule has 0 radical (unpaired) electrons. The van der Waals surface area contributed by atoms with Crippen molar-refractivity contribution >= 4 is 39.9 Å². The molecule has 0 bridgehead atoms. The highest BCUT2D eigenvalue weighted by Gasteiger charge is 2.25. The molecular formula is C21H16N2O4S. The number of nitrogens with one attached hydrogen (secondary N) is 1. The molecule has 2 aliphatic rings. The molecule has 1 aromatic heterocycles. The van der Waals surface area contributed by atoms with Gasteiger partial charge in [-0.05, 0) is 47.7 Å². The molecule has 1 saturated heterocycles. The van der Waals surface area contributed by atoms with Gasteiger partial charge < -0.3 is 14.0 Å². The highest BCUT2D eigenvalue weighted by molar-refractivity contribution is 8.18. The van der Waals surface area contributed by atoms with Crippen LogP contribution in [0.3, 0.4) is 0 Å². The summed E-state index contributed by atoms with van der Waals surface area (Å²) in [5, 5.41) is 2.96. The summed E-state index contributed by atoms with van der Waals surface area (Å²) in [6.07, 6.45) is 3.67.